The molecule has 0 aliphatic carbocycles. The van der Waals surface area contributed by atoms with Crippen LogP contribution in [0.4, 0.5) is 4.39 Å². The SMILES string of the molecule is CCSCCCC(Cc1ccccc1F)C(=O)O. The molecule has 1 aromatic carbocycles. The Morgan fingerprint density at radius 2 is 2.17 bits per heavy atom. The van der Waals surface area contributed by atoms with E-state index in [0.29, 0.717) is 12.0 Å². The second-order valence-corrected chi connectivity index (χ2v) is 5.56. The molecule has 0 saturated carbocycles. The zero-order chi connectivity index (χ0) is 13.4. The second-order valence-electron chi connectivity index (χ2n) is 4.17. The second kappa shape index (κ2) is 8.14. The lowest BCUT2D eigenvalue weighted by Crippen LogP contribution is -2.17. The van der Waals surface area contributed by atoms with E-state index in [1.165, 1.54) is 6.07 Å². The molecule has 1 unspecified atom stereocenters. The fourth-order valence-electron chi connectivity index (χ4n) is 1.82. The molecule has 18 heavy (non-hydrogen) atoms. The van der Waals surface area contributed by atoms with E-state index in [1.54, 1.807) is 30.0 Å². The number of carboxylic acid groups (broad SMARTS) is 1. The first-order chi connectivity index (χ1) is 8.65. The summed E-state index contributed by atoms with van der Waals surface area (Å²) in [5.41, 5.74) is 0.494. The Morgan fingerprint density at radius 1 is 1.44 bits per heavy atom. The molecule has 100 valence electrons. The quantitative estimate of drug-likeness (QED) is 0.733. The molecule has 1 atom stereocenters. The monoisotopic (exact) mass is 270 g/mol. The van der Waals surface area contributed by atoms with Crippen molar-refractivity contribution in [1.82, 2.24) is 0 Å². The molecule has 4 heteroatoms. The number of carboxylic acids is 1. The minimum absolute atomic E-state index is 0.277. The summed E-state index contributed by atoms with van der Waals surface area (Å²) in [6.45, 7) is 2.08. The molecule has 0 heterocycles. The summed E-state index contributed by atoms with van der Waals surface area (Å²) < 4.78 is 13.5. The first-order valence-electron chi connectivity index (χ1n) is 6.19. The highest BCUT2D eigenvalue weighted by Gasteiger charge is 2.19. The standard InChI is InChI=1S/C14H19FO2S/c1-2-18-9-5-7-12(14(16)17)10-11-6-3-4-8-13(11)15/h3-4,6,8,12H,2,5,7,9-10H2,1H3,(H,16,17). The summed E-state index contributed by atoms with van der Waals surface area (Å²) in [6.07, 6.45) is 1.75. The van der Waals surface area contributed by atoms with E-state index < -0.39 is 11.9 Å². The average Bonchev–Trinajstić information content (AvgIpc) is 2.35. The fourth-order valence-corrected chi connectivity index (χ4v) is 2.48. The third-order valence-corrected chi connectivity index (χ3v) is 3.80. The Hall–Kier alpha value is -1.03. The van der Waals surface area contributed by atoms with Crippen molar-refractivity contribution in [1.29, 1.82) is 0 Å². The Balaban J connectivity index is 2.53. The van der Waals surface area contributed by atoms with Crippen molar-refractivity contribution < 1.29 is 14.3 Å². The maximum atomic E-state index is 13.5. The van der Waals surface area contributed by atoms with Gasteiger partial charge in [0.2, 0.25) is 0 Å². The maximum Gasteiger partial charge on any atom is 0.306 e. The van der Waals surface area contributed by atoms with Crippen LogP contribution < -0.4 is 0 Å². The maximum absolute atomic E-state index is 13.5. The average molecular weight is 270 g/mol. The number of hydrogen-bond donors (Lipinski definition) is 1. The van der Waals surface area contributed by atoms with Crippen LogP contribution >= 0.6 is 11.8 Å². The number of thioether (sulfide) groups is 1. The lowest BCUT2D eigenvalue weighted by molar-refractivity contribution is -0.141. The third kappa shape index (κ3) is 5.08. The van der Waals surface area contributed by atoms with Crippen LogP contribution in [-0.2, 0) is 11.2 Å². The van der Waals surface area contributed by atoms with Gasteiger partial charge in [-0.3, -0.25) is 4.79 Å². The molecule has 0 aliphatic heterocycles. The molecule has 0 fully saturated rings. The van der Waals surface area contributed by atoms with E-state index in [1.807, 2.05) is 0 Å². The summed E-state index contributed by atoms with van der Waals surface area (Å²) in [4.78, 5) is 11.1. The first kappa shape index (κ1) is 15.0. The van der Waals surface area contributed by atoms with Gasteiger partial charge in [0.15, 0.2) is 0 Å². The largest absolute Gasteiger partial charge is 0.481 e. The Morgan fingerprint density at radius 3 is 2.78 bits per heavy atom. The summed E-state index contributed by atoms with van der Waals surface area (Å²) in [6, 6.07) is 6.39. The zero-order valence-electron chi connectivity index (χ0n) is 10.6. The van der Waals surface area contributed by atoms with Crippen LogP contribution in [0.2, 0.25) is 0 Å². The minimum Gasteiger partial charge on any atom is -0.481 e. The lowest BCUT2D eigenvalue weighted by atomic mass is 9.95. The number of rotatable bonds is 8. The predicted molar refractivity (Wildman–Crippen MR) is 73.5 cm³/mol. The van der Waals surface area contributed by atoms with Crippen LogP contribution in [-0.4, -0.2) is 22.6 Å². The van der Waals surface area contributed by atoms with Crippen LogP contribution in [0.15, 0.2) is 24.3 Å². The van der Waals surface area contributed by atoms with Gasteiger partial charge in [0.1, 0.15) is 5.82 Å². The van der Waals surface area contributed by atoms with Crippen LogP contribution in [0.1, 0.15) is 25.3 Å². The van der Waals surface area contributed by atoms with Crippen molar-refractivity contribution >= 4 is 17.7 Å². The number of benzene rings is 1. The predicted octanol–water partition coefficient (Wildman–Crippen LogP) is 3.60. The normalized spacial score (nSPS) is 12.3. The van der Waals surface area contributed by atoms with Gasteiger partial charge in [0.05, 0.1) is 5.92 Å². The van der Waals surface area contributed by atoms with Gasteiger partial charge in [-0.15, -0.1) is 0 Å². The molecule has 0 amide bonds. The van der Waals surface area contributed by atoms with Gasteiger partial charge in [0, 0.05) is 0 Å². The molecule has 0 spiro atoms. The number of carbonyl (C=O) groups is 1. The van der Waals surface area contributed by atoms with Crippen molar-refractivity contribution in [2.45, 2.75) is 26.2 Å². The van der Waals surface area contributed by atoms with E-state index in [9.17, 15) is 9.18 Å². The van der Waals surface area contributed by atoms with Crippen molar-refractivity contribution in [3.8, 4) is 0 Å². The van der Waals surface area contributed by atoms with E-state index in [4.69, 9.17) is 5.11 Å². The van der Waals surface area contributed by atoms with E-state index in [0.717, 1.165) is 17.9 Å². The van der Waals surface area contributed by atoms with Gasteiger partial charge < -0.3 is 5.11 Å². The molecule has 0 aliphatic rings. The molecular weight excluding hydrogens is 251 g/mol. The number of hydrogen-bond acceptors (Lipinski definition) is 2. The van der Waals surface area contributed by atoms with Crippen molar-refractivity contribution in [2.75, 3.05) is 11.5 Å². The van der Waals surface area contributed by atoms with Crippen LogP contribution in [0.3, 0.4) is 0 Å². The third-order valence-electron chi connectivity index (χ3n) is 2.82. The first-order valence-corrected chi connectivity index (χ1v) is 7.34. The highest BCUT2D eigenvalue weighted by molar-refractivity contribution is 7.99. The van der Waals surface area contributed by atoms with Gasteiger partial charge in [-0.1, -0.05) is 25.1 Å². The zero-order valence-corrected chi connectivity index (χ0v) is 11.4. The van der Waals surface area contributed by atoms with Crippen LogP contribution in [0.5, 0.6) is 0 Å². The summed E-state index contributed by atoms with van der Waals surface area (Å²) >= 11 is 1.80. The van der Waals surface area contributed by atoms with Gasteiger partial charge >= 0.3 is 5.97 Å². The van der Waals surface area contributed by atoms with Crippen LogP contribution in [0, 0.1) is 11.7 Å². The van der Waals surface area contributed by atoms with Crippen molar-refractivity contribution in [2.24, 2.45) is 5.92 Å². The van der Waals surface area contributed by atoms with E-state index >= 15 is 0 Å². The fraction of sp³-hybridized carbons (Fsp3) is 0.500. The Labute approximate surface area is 112 Å². The molecule has 0 radical (unpaired) electrons. The van der Waals surface area contributed by atoms with E-state index in [2.05, 4.69) is 6.92 Å². The highest BCUT2D eigenvalue weighted by Crippen LogP contribution is 2.18. The van der Waals surface area contributed by atoms with Crippen molar-refractivity contribution in [3.63, 3.8) is 0 Å². The van der Waals surface area contributed by atoms with E-state index in [-0.39, 0.29) is 12.2 Å². The van der Waals surface area contributed by atoms with Gasteiger partial charge in [-0.05, 0) is 42.4 Å². The minimum atomic E-state index is -0.834. The van der Waals surface area contributed by atoms with Crippen molar-refractivity contribution in [3.05, 3.63) is 35.6 Å². The Bertz CT molecular complexity index is 382. The molecule has 0 saturated heterocycles. The van der Waals surface area contributed by atoms with Gasteiger partial charge in [-0.2, -0.15) is 11.8 Å². The molecule has 2 nitrogen and oxygen atoms in total. The van der Waals surface area contributed by atoms with Gasteiger partial charge in [-0.25, -0.2) is 4.39 Å². The summed E-state index contributed by atoms with van der Waals surface area (Å²) in [5, 5.41) is 9.15. The van der Waals surface area contributed by atoms with Gasteiger partial charge in [0.25, 0.3) is 0 Å². The molecule has 0 aromatic heterocycles. The molecule has 1 N–H and O–H groups in total. The Kier molecular flexibility index (Phi) is 6.80. The molecule has 1 rings (SSSR count). The molecule has 0 bridgehead atoms. The van der Waals surface area contributed by atoms with Crippen LogP contribution in [0.25, 0.3) is 0 Å². The summed E-state index contributed by atoms with van der Waals surface area (Å²) in [7, 11) is 0. The number of halogens is 1. The molecular formula is C14H19FO2S. The summed E-state index contributed by atoms with van der Waals surface area (Å²) in [5.74, 6) is 0.383. The lowest BCUT2D eigenvalue weighted by Gasteiger charge is -2.12. The smallest absolute Gasteiger partial charge is 0.306 e. The molecule has 1 aromatic rings. The topological polar surface area (TPSA) is 37.3 Å². The highest BCUT2D eigenvalue weighted by atomic mass is 32.2. The number of aliphatic carboxylic acids is 1.